The molecule has 3 aliphatic rings. The van der Waals surface area contributed by atoms with Crippen LogP contribution in [0.4, 0.5) is 0 Å². The monoisotopic (exact) mass is 284 g/mol. The van der Waals surface area contributed by atoms with Crippen LogP contribution in [-0.4, -0.2) is 65.1 Å². The van der Waals surface area contributed by atoms with E-state index in [2.05, 4.69) is 0 Å². The van der Waals surface area contributed by atoms with Gasteiger partial charge in [0.1, 0.15) is 12.1 Å². The van der Waals surface area contributed by atoms with Gasteiger partial charge in [-0.2, -0.15) is 0 Å². The van der Waals surface area contributed by atoms with Gasteiger partial charge in [-0.25, -0.2) is 0 Å². The molecule has 5 nitrogen and oxygen atoms in total. The number of likely N-dealkylation sites (tertiary alicyclic amines) is 1. The second kappa shape index (κ2) is 5.71. The lowest BCUT2D eigenvalue weighted by Crippen LogP contribution is -2.50. The van der Waals surface area contributed by atoms with Crippen LogP contribution in [0.1, 0.15) is 25.7 Å². The maximum Gasteiger partial charge on any atom is 0.253 e. The molecule has 106 valence electrons. The van der Waals surface area contributed by atoms with E-state index in [0.717, 1.165) is 44.5 Å². The SMILES string of the molecule is O=C(C1CSCN1C(=O)C1CCCO1)N1CCCC1. The smallest absolute Gasteiger partial charge is 0.253 e. The summed E-state index contributed by atoms with van der Waals surface area (Å²) in [6.07, 6.45) is 3.61. The summed E-state index contributed by atoms with van der Waals surface area (Å²) in [5, 5.41) is 0. The van der Waals surface area contributed by atoms with E-state index < -0.39 is 0 Å². The summed E-state index contributed by atoms with van der Waals surface area (Å²) >= 11 is 1.67. The lowest BCUT2D eigenvalue weighted by atomic mass is 10.2. The van der Waals surface area contributed by atoms with Crippen LogP contribution in [0.3, 0.4) is 0 Å². The highest BCUT2D eigenvalue weighted by Crippen LogP contribution is 2.27. The van der Waals surface area contributed by atoms with Crippen molar-refractivity contribution in [1.82, 2.24) is 9.80 Å². The molecule has 3 fully saturated rings. The highest BCUT2D eigenvalue weighted by Gasteiger charge is 2.40. The van der Waals surface area contributed by atoms with Crippen LogP contribution in [0.5, 0.6) is 0 Å². The number of ether oxygens (including phenoxy) is 1. The van der Waals surface area contributed by atoms with E-state index in [-0.39, 0.29) is 24.0 Å². The molecule has 3 saturated heterocycles. The van der Waals surface area contributed by atoms with Crippen LogP contribution in [0.2, 0.25) is 0 Å². The van der Waals surface area contributed by atoms with Gasteiger partial charge in [-0.15, -0.1) is 11.8 Å². The molecule has 0 aromatic rings. The number of thioether (sulfide) groups is 1. The summed E-state index contributed by atoms with van der Waals surface area (Å²) in [5.74, 6) is 1.50. The zero-order chi connectivity index (χ0) is 13.2. The summed E-state index contributed by atoms with van der Waals surface area (Å²) in [5.41, 5.74) is 0. The molecular weight excluding hydrogens is 264 g/mol. The van der Waals surface area contributed by atoms with E-state index >= 15 is 0 Å². The normalized spacial score (nSPS) is 31.2. The van der Waals surface area contributed by atoms with Gasteiger partial charge in [0, 0.05) is 25.4 Å². The van der Waals surface area contributed by atoms with Gasteiger partial charge in [-0.3, -0.25) is 9.59 Å². The Kier molecular flexibility index (Phi) is 3.98. The van der Waals surface area contributed by atoms with E-state index in [1.165, 1.54) is 0 Å². The number of carbonyl (C=O) groups excluding carboxylic acids is 2. The predicted molar refractivity (Wildman–Crippen MR) is 72.7 cm³/mol. The van der Waals surface area contributed by atoms with Gasteiger partial charge in [0.2, 0.25) is 5.91 Å². The zero-order valence-electron chi connectivity index (χ0n) is 11.0. The first kappa shape index (κ1) is 13.2. The van der Waals surface area contributed by atoms with Gasteiger partial charge in [0.15, 0.2) is 0 Å². The first-order chi connectivity index (χ1) is 9.27. The Hall–Kier alpha value is -0.750. The molecule has 3 heterocycles. The van der Waals surface area contributed by atoms with Crippen molar-refractivity contribution in [3.63, 3.8) is 0 Å². The first-order valence-electron chi connectivity index (χ1n) is 7.06. The molecule has 3 rings (SSSR count). The van der Waals surface area contributed by atoms with Crippen molar-refractivity contribution in [1.29, 1.82) is 0 Å². The molecule has 3 aliphatic heterocycles. The number of hydrogen-bond acceptors (Lipinski definition) is 4. The van der Waals surface area contributed by atoms with Gasteiger partial charge in [0.25, 0.3) is 5.91 Å². The Labute approximate surface area is 117 Å². The Bertz CT molecular complexity index is 331. The lowest BCUT2D eigenvalue weighted by Gasteiger charge is -2.28. The molecule has 0 aromatic carbocycles. The summed E-state index contributed by atoms with van der Waals surface area (Å²) in [7, 11) is 0. The van der Waals surface area contributed by atoms with Crippen molar-refractivity contribution in [3.05, 3.63) is 0 Å². The van der Waals surface area contributed by atoms with Crippen molar-refractivity contribution in [3.8, 4) is 0 Å². The third kappa shape index (κ3) is 2.60. The molecule has 19 heavy (non-hydrogen) atoms. The van der Waals surface area contributed by atoms with Gasteiger partial charge in [-0.05, 0) is 25.7 Å². The number of carbonyl (C=O) groups is 2. The quantitative estimate of drug-likeness (QED) is 0.748. The van der Waals surface area contributed by atoms with E-state index in [0.29, 0.717) is 12.5 Å². The molecule has 0 saturated carbocycles. The molecule has 0 aliphatic carbocycles. The van der Waals surface area contributed by atoms with Crippen LogP contribution < -0.4 is 0 Å². The Morgan fingerprint density at radius 2 is 1.89 bits per heavy atom. The van der Waals surface area contributed by atoms with Crippen molar-refractivity contribution in [2.75, 3.05) is 31.3 Å². The third-order valence-corrected chi connectivity index (χ3v) is 5.09. The van der Waals surface area contributed by atoms with Crippen LogP contribution in [-0.2, 0) is 14.3 Å². The van der Waals surface area contributed by atoms with Crippen molar-refractivity contribution in [2.24, 2.45) is 0 Å². The highest BCUT2D eigenvalue weighted by atomic mass is 32.2. The maximum absolute atomic E-state index is 12.5. The van der Waals surface area contributed by atoms with E-state index in [4.69, 9.17) is 4.74 Å². The fraction of sp³-hybridized carbons (Fsp3) is 0.846. The molecule has 2 unspecified atom stereocenters. The van der Waals surface area contributed by atoms with E-state index in [1.807, 2.05) is 4.90 Å². The van der Waals surface area contributed by atoms with Crippen LogP contribution in [0, 0.1) is 0 Å². The minimum Gasteiger partial charge on any atom is -0.368 e. The highest BCUT2D eigenvalue weighted by molar-refractivity contribution is 7.99. The van der Waals surface area contributed by atoms with Crippen LogP contribution in [0.15, 0.2) is 0 Å². The summed E-state index contributed by atoms with van der Waals surface area (Å²) in [4.78, 5) is 28.5. The molecule has 6 heteroatoms. The second-order valence-corrected chi connectivity index (χ2v) is 6.36. The molecular formula is C13H20N2O3S. The number of nitrogens with zero attached hydrogens (tertiary/aromatic N) is 2. The fourth-order valence-corrected chi connectivity index (χ4v) is 4.13. The van der Waals surface area contributed by atoms with Crippen molar-refractivity contribution >= 4 is 23.6 Å². The zero-order valence-corrected chi connectivity index (χ0v) is 11.9. The van der Waals surface area contributed by atoms with Crippen LogP contribution in [0.25, 0.3) is 0 Å². The number of amides is 2. The molecule has 0 radical (unpaired) electrons. The molecule has 0 bridgehead atoms. The summed E-state index contributed by atoms with van der Waals surface area (Å²) < 4.78 is 5.46. The third-order valence-electron chi connectivity index (χ3n) is 4.07. The molecule has 0 spiro atoms. The minimum atomic E-state index is -0.312. The molecule has 0 N–H and O–H groups in total. The van der Waals surface area contributed by atoms with Gasteiger partial charge in [0.05, 0.1) is 5.88 Å². The van der Waals surface area contributed by atoms with E-state index in [1.54, 1.807) is 16.7 Å². The summed E-state index contributed by atoms with van der Waals surface area (Å²) in [6.45, 7) is 2.37. The lowest BCUT2D eigenvalue weighted by molar-refractivity contribution is -0.148. The standard InChI is InChI=1S/C13H20N2O3S/c16-12(14-5-1-2-6-14)10-8-19-9-15(10)13(17)11-4-3-7-18-11/h10-11H,1-9H2. The van der Waals surface area contributed by atoms with Gasteiger partial charge >= 0.3 is 0 Å². The topological polar surface area (TPSA) is 49.9 Å². The maximum atomic E-state index is 12.5. The summed E-state index contributed by atoms with van der Waals surface area (Å²) in [6, 6.07) is -0.264. The number of rotatable bonds is 2. The average Bonchev–Trinajstić information content (AvgIpc) is 3.16. The van der Waals surface area contributed by atoms with Gasteiger partial charge in [-0.1, -0.05) is 0 Å². The van der Waals surface area contributed by atoms with Crippen LogP contribution >= 0.6 is 11.8 Å². The fourth-order valence-electron chi connectivity index (χ4n) is 2.97. The van der Waals surface area contributed by atoms with Crippen molar-refractivity contribution < 1.29 is 14.3 Å². The number of hydrogen-bond donors (Lipinski definition) is 0. The molecule has 2 atom stereocenters. The first-order valence-corrected chi connectivity index (χ1v) is 8.21. The second-order valence-electron chi connectivity index (χ2n) is 5.36. The predicted octanol–water partition coefficient (Wildman–Crippen LogP) is 0.689. The minimum absolute atomic E-state index is 0.0139. The Morgan fingerprint density at radius 1 is 1.11 bits per heavy atom. The molecule has 0 aromatic heterocycles. The Balaban J connectivity index is 1.66. The Morgan fingerprint density at radius 3 is 2.58 bits per heavy atom. The van der Waals surface area contributed by atoms with E-state index in [9.17, 15) is 9.59 Å². The average molecular weight is 284 g/mol. The van der Waals surface area contributed by atoms with Crippen molar-refractivity contribution in [2.45, 2.75) is 37.8 Å². The van der Waals surface area contributed by atoms with Gasteiger partial charge < -0.3 is 14.5 Å². The largest absolute Gasteiger partial charge is 0.368 e. The molecule has 2 amide bonds.